The molecule has 1 aliphatic rings. The van der Waals surface area contributed by atoms with Gasteiger partial charge in [0.1, 0.15) is 11.9 Å². The molecular formula is C17H16O5. The Morgan fingerprint density at radius 2 is 1.86 bits per heavy atom. The smallest absolute Gasteiger partial charge is 0.196 e. The van der Waals surface area contributed by atoms with Crippen molar-refractivity contribution >= 4 is 5.78 Å². The van der Waals surface area contributed by atoms with Crippen LogP contribution >= 0.6 is 0 Å². The Bertz CT molecular complexity index is 724. The molecule has 2 aromatic rings. The predicted octanol–water partition coefficient (Wildman–Crippen LogP) is 1.99. The zero-order valence-corrected chi connectivity index (χ0v) is 12.0. The third-order valence-electron chi connectivity index (χ3n) is 4.11. The Labute approximate surface area is 127 Å². The topological polar surface area (TPSA) is 87.0 Å². The van der Waals surface area contributed by atoms with E-state index in [4.69, 9.17) is 4.74 Å². The highest BCUT2D eigenvalue weighted by molar-refractivity contribution is 6.05. The predicted molar refractivity (Wildman–Crippen MR) is 79.5 cm³/mol. The van der Waals surface area contributed by atoms with Crippen molar-refractivity contribution in [3.63, 3.8) is 0 Å². The molecule has 0 amide bonds. The van der Waals surface area contributed by atoms with Crippen LogP contribution in [0.4, 0.5) is 0 Å². The molecule has 2 aromatic carbocycles. The van der Waals surface area contributed by atoms with E-state index in [0.717, 1.165) is 5.56 Å². The van der Waals surface area contributed by atoms with Crippen molar-refractivity contribution in [1.82, 2.24) is 0 Å². The number of fused-ring (bicyclic) bond motifs is 1. The van der Waals surface area contributed by atoms with Gasteiger partial charge in [-0.1, -0.05) is 30.3 Å². The fourth-order valence-electron chi connectivity index (χ4n) is 2.98. The molecule has 0 saturated carbocycles. The van der Waals surface area contributed by atoms with Crippen molar-refractivity contribution < 1.29 is 24.9 Å². The van der Waals surface area contributed by atoms with Gasteiger partial charge in [-0.3, -0.25) is 4.79 Å². The Kier molecular flexibility index (Phi) is 3.50. The van der Waals surface area contributed by atoms with Gasteiger partial charge in [0.25, 0.3) is 0 Å². The van der Waals surface area contributed by atoms with Gasteiger partial charge in [-0.05, 0) is 12.0 Å². The van der Waals surface area contributed by atoms with Crippen LogP contribution in [-0.2, 0) is 6.42 Å². The number of aliphatic hydroxyl groups excluding tert-OH is 1. The van der Waals surface area contributed by atoms with E-state index in [-0.39, 0.29) is 29.2 Å². The molecule has 2 atom stereocenters. The summed E-state index contributed by atoms with van der Waals surface area (Å²) in [4.78, 5) is 12.4. The maximum Gasteiger partial charge on any atom is 0.196 e. The van der Waals surface area contributed by atoms with E-state index in [1.54, 1.807) is 0 Å². The van der Waals surface area contributed by atoms with E-state index in [0.29, 0.717) is 5.56 Å². The molecule has 5 heteroatoms. The Balaban J connectivity index is 2.15. The lowest BCUT2D eigenvalue weighted by Gasteiger charge is -2.30. The molecule has 0 bridgehead atoms. The molecule has 3 N–H and O–H groups in total. The van der Waals surface area contributed by atoms with Crippen LogP contribution in [0.2, 0.25) is 0 Å². The zero-order valence-electron chi connectivity index (χ0n) is 12.0. The average Bonchev–Trinajstić information content (AvgIpc) is 2.54. The lowest BCUT2D eigenvalue weighted by Crippen LogP contribution is -2.35. The zero-order chi connectivity index (χ0) is 15.9. The number of hydrogen-bond acceptors (Lipinski definition) is 5. The van der Waals surface area contributed by atoms with Crippen molar-refractivity contribution in [3.8, 4) is 17.2 Å². The molecule has 1 aliphatic carbocycles. The molecule has 5 nitrogen and oxygen atoms in total. The van der Waals surface area contributed by atoms with Crippen LogP contribution in [0.15, 0.2) is 36.4 Å². The highest BCUT2D eigenvalue weighted by atomic mass is 16.5. The third kappa shape index (κ3) is 2.10. The molecule has 0 aliphatic heterocycles. The van der Waals surface area contributed by atoms with Crippen LogP contribution in [-0.4, -0.2) is 34.3 Å². The van der Waals surface area contributed by atoms with Crippen molar-refractivity contribution in [3.05, 3.63) is 53.1 Å². The maximum atomic E-state index is 12.4. The number of rotatable bonds is 2. The van der Waals surface area contributed by atoms with Crippen molar-refractivity contribution in [2.24, 2.45) is 0 Å². The summed E-state index contributed by atoms with van der Waals surface area (Å²) >= 11 is 0. The number of hydrogen-bond donors (Lipinski definition) is 3. The van der Waals surface area contributed by atoms with Crippen LogP contribution in [0.3, 0.4) is 0 Å². The number of phenols is 2. The summed E-state index contributed by atoms with van der Waals surface area (Å²) in [6, 6.07) is 10.3. The molecule has 22 heavy (non-hydrogen) atoms. The maximum absolute atomic E-state index is 12.4. The van der Waals surface area contributed by atoms with Crippen molar-refractivity contribution in [2.45, 2.75) is 18.4 Å². The first-order chi connectivity index (χ1) is 10.5. The van der Waals surface area contributed by atoms with Gasteiger partial charge in [-0.15, -0.1) is 0 Å². The van der Waals surface area contributed by atoms with Gasteiger partial charge >= 0.3 is 0 Å². The lowest BCUT2D eigenvalue weighted by atomic mass is 9.76. The van der Waals surface area contributed by atoms with E-state index >= 15 is 0 Å². The molecule has 114 valence electrons. The largest absolute Gasteiger partial charge is 0.507 e. The number of ether oxygens (including phenoxy) is 1. The molecule has 0 aromatic heterocycles. The number of ketones is 1. The van der Waals surface area contributed by atoms with Gasteiger partial charge in [-0.25, -0.2) is 0 Å². The number of phenolic OH excluding ortho intramolecular Hbond substituents is 2. The Hall–Kier alpha value is -2.53. The first-order valence-electron chi connectivity index (χ1n) is 6.93. The number of methoxy groups -OCH3 is 1. The number of carbonyl (C=O) groups excluding carboxylic acids is 1. The second-order valence-corrected chi connectivity index (χ2v) is 5.33. The second kappa shape index (κ2) is 5.35. The Morgan fingerprint density at radius 3 is 2.50 bits per heavy atom. The number of aromatic hydroxyl groups is 2. The van der Waals surface area contributed by atoms with E-state index in [2.05, 4.69) is 0 Å². The van der Waals surface area contributed by atoms with Gasteiger partial charge < -0.3 is 20.1 Å². The van der Waals surface area contributed by atoms with Gasteiger partial charge in [0, 0.05) is 17.5 Å². The third-order valence-corrected chi connectivity index (χ3v) is 4.11. The normalized spacial score (nSPS) is 20.5. The molecule has 0 saturated heterocycles. The van der Waals surface area contributed by atoms with Crippen LogP contribution in [0, 0.1) is 0 Å². The molecule has 2 unspecified atom stereocenters. The van der Waals surface area contributed by atoms with Crippen LogP contribution in [0.25, 0.3) is 0 Å². The first kappa shape index (κ1) is 14.4. The summed E-state index contributed by atoms with van der Waals surface area (Å²) in [7, 11) is 1.37. The second-order valence-electron chi connectivity index (χ2n) is 5.33. The molecule has 0 radical (unpaired) electrons. The van der Waals surface area contributed by atoms with Crippen molar-refractivity contribution in [2.75, 3.05) is 7.11 Å². The van der Waals surface area contributed by atoms with Gasteiger partial charge in [0.05, 0.1) is 12.7 Å². The monoisotopic (exact) mass is 300 g/mol. The van der Waals surface area contributed by atoms with Crippen LogP contribution in [0.1, 0.15) is 27.4 Å². The van der Waals surface area contributed by atoms with Gasteiger partial charge in [0.2, 0.25) is 0 Å². The summed E-state index contributed by atoms with van der Waals surface area (Å²) < 4.78 is 5.01. The summed E-state index contributed by atoms with van der Waals surface area (Å²) in [5, 5.41) is 30.6. The minimum Gasteiger partial charge on any atom is -0.507 e. The highest BCUT2D eigenvalue weighted by Crippen LogP contribution is 2.45. The molecule has 0 fully saturated rings. The Morgan fingerprint density at radius 1 is 1.18 bits per heavy atom. The highest BCUT2D eigenvalue weighted by Gasteiger charge is 2.39. The lowest BCUT2D eigenvalue weighted by molar-refractivity contribution is 0.0658. The van der Waals surface area contributed by atoms with Crippen molar-refractivity contribution in [1.29, 1.82) is 0 Å². The minimum atomic E-state index is -1.26. The SMILES string of the molecule is COc1cc(O)c2c(c1O)CC(c1ccccc1)C(O)C2=O. The molecule has 3 rings (SSSR count). The van der Waals surface area contributed by atoms with Crippen LogP contribution < -0.4 is 4.74 Å². The number of aliphatic hydroxyl groups is 1. The number of Topliss-reactive ketones (excluding diaryl/α,β-unsaturated/α-hetero) is 1. The fourth-order valence-corrected chi connectivity index (χ4v) is 2.98. The van der Waals surface area contributed by atoms with Gasteiger partial charge in [0.15, 0.2) is 17.3 Å². The van der Waals surface area contributed by atoms with E-state index in [1.807, 2.05) is 30.3 Å². The fraction of sp³-hybridized carbons (Fsp3) is 0.235. The molecule has 0 heterocycles. The van der Waals surface area contributed by atoms with E-state index in [9.17, 15) is 20.1 Å². The van der Waals surface area contributed by atoms with Gasteiger partial charge in [-0.2, -0.15) is 0 Å². The quantitative estimate of drug-likeness (QED) is 0.738. The molecular weight excluding hydrogens is 284 g/mol. The standard InChI is InChI=1S/C17H16O5/c1-22-13-8-12(18)14-11(15(13)19)7-10(16(20)17(14)21)9-5-3-2-4-6-9/h2-6,8,10,16,18-20H,7H2,1H3. The van der Waals surface area contributed by atoms with Crippen LogP contribution in [0.5, 0.6) is 17.2 Å². The summed E-state index contributed by atoms with van der Waals surface area (Å²) in [5.41, 5.74) is 1.08. The minimum absolute atomic E-state index is 0.0296. The first-order valence-corrected chi connectivity index (χ1v) is 6.93. The van der Waals surface area contributed by atoms with E-state index in [1.165, 1.54) is 13.2 Å². The summed E-state index contributed by atoms with van der Waals surface area (Å²) in [5.74, 6) is -1.42. The summed E-state index contributed by atoms with van der Waals surface area (Å²) in [6.45, 7) is 0. The number of benzene rings is 2. The molecule has 0 spiro atoms. The summed E-state index contributed by atoms with van der Waals surface area (Å²) in [6.07, 6.45) is -1.02. The number of carbonyl (C=O) groups is 1. The van der Waals surface area contributed by atoms with E-state index < -0.39 is 17.8 Å². The average molecular weight is 300 g/mol.